The second-order valence-corrected chi connectivity index (χ2v) is 7.94. The van der Waals surface area contributed by atoms with Crippen molar-refractivity contribution in [3.05, 3.63) is 73.1 Å². The van der Waals surface area contributed by atoms with Crippen LogP contribution in [0.5, 0.6) is 0 Å². The summed E-state index contributed by atoms with van der Waals surface area (Å²) in [7, 11) is 0. The molecule has 1 amide bonds. The molecule has 7 nitrogen and oxygen atoms in total. The average Bonchev–Trinajstić information content (AvgIpc) is 2.66. The molecule has 1 aliphatic rings. The second-order valence-electron chi connectivity index (χ2n) is 7.94. The normalized spacial score (nSPS) is 15.1. The van der Waals surface area contributed by atoms with Gasteiger partial charge in [0.1, 0.15) is 11.3 Å². The summed E-state index contributed by atoms with van der Waals surface area (Å²) in [4.78, 5) is 47.4. The van der Waals surface area contributed by atoms with E-state index in [9.17, 15) is 14.4 Å². The van der Waals surface area contributed by atoms with Crippen molar-refractivity contribution in [2.45, 2.75) is 39.5 Å². The number of H-pyrrole nitrogens is 2. The van der Waals surface area contributed by atoms with Gasteiger partial charge in [0, 0.05) is 13.1 Å². The van der Waals surface area contributed by atoms with Gasteiger partial charge in [0.2, 0.25) is 0 Å². The van der Waals surface area contributed by atoms with Gasteiger partial charge in [-0.15, -0.1) is 0 Å². The Kier molecular flexibility index (Phi) is 4.82. The molecule has 3 heterocycles. The molecule has 0 aliphatic carbocycles. The number of hydrogen-bond donors (Lipinski definition) is 2. The van der Waals surface area contributed by atoms with Gasteiger partial charge in [0.05, 0.1) is 5.39 Å². The number of hydrogen-bond acceptors (Lipinski definition) is 4. The number of nitrogens with zero attached hydrogens (tertiary/aromatic N) is 2. The van der Waals surface area contributed by atoms with Crippen molar-refractivity contribution in [3.63, 3.8) is 0 Å². The fourth-order valence-corrected chi connectivity index (χ4v) is 4.29. The highest BCUT2D eigenvalue weighted by Crippen LogP contribution is 2.30. The lowest BCUT2D eigenvalue weighted by Crippen LogP contribution is -2.38. The lowest BCUT2D eigenvalue weighted by Gasteiger charge is -2.32. The van der Waals surface area contributed by atoms with Crippen LogP contribution in [0.1, 0.15) is 51.5 Å². The van der Waals surface area contributed by atoms with Crippen LogP contribution in [0.2, 0.25) is 0 Å². The highest BCUT2D eigenvalue weighted by Gasteiger charge is 2.26. The van der Waals surface area contributed by atoms with Gasteiger partial charge in [-0.25, -0.2) is 9.78 Å². The maximum Gasteiger partial charge on any atom is 0.327 e. The molecule has 0 radical (unpaired) electrons. The minimum absolute atomic E-state index is 0.146. The Morgan fingerprint density at radius 1 is 1.00 bits per heavy atom. The number of rotatable bonds is 2. The number of nitrogens with one attached hydrogen (secondary N) is 2. The first-order valence-corrected chi connectivity index (χ1v) is 9.83. The first-order valence-electron chi connectivity index (χ1n) is 9.83. The zero-order valence-corrected chi connectivity index (χ0v) is 16.8. The van der Waals surface area contributed by atoms with Crippen LogP contribution >= 0.6 is 0 Å². The number of pyridine rings is 1. The highest BCUT2D eigenvalue weighted by atomic mass is 16.2. The quantitative estimate of drug-likeness (QED) is 0.700. The first kappa shape index (κ1) is 19.1. The molecule has 29 heavy (non-hydrogen) atoms. The van der Waals surface area contributed by atoms with Gasteiger partial charge >= 0.3 is 5.69 Å². The Morgan fingerprint density at radius 3 is 2.31 bits per heavy atom. The summed E-state index contributed by atoms with van der Waals surface area (Å²) in [5, 5.41) is 0.301. The number of carbonyl (C=O) groups is 1. The molecule has 1 aromatic carbocycles. The molecule has 3 aromatic rings. The van der Waals surface area contributed by atoms with Gasteiger partial charge in [0.15, 0.2) is 0 Å². The molecular weight excluding hydrogens is 368 g/mol. The van der Waals surface area contributed by atoms with E-state index in [1.807, 2.05) is 0 Å². The van der Waals surface area contributed by atoms with Crippen molar-refractivity contribution in [2.75, 3.05) is 13.1 Å². The monoisotopic (exact) mass is 392 g/mol. The third-order valence-electron chi connectivity index (χ3n) is 5.62. The summed E-state index contributed by atoms with van der Waals surface area (Å²) in [5.41, 5.74) is 3.74. The summed E-state index contributed by atoms with van der Waals surface area (Å²) in [6, 6.07) is 8.26. The summed E-state index contributed by atoms with van der Waals surface area (Å²) in [6.45, 7) is 7.26. The van der Waals surface area contributed by atoms with Crippen LogP contribution < -0.4 is 11.2 Å². The third-order valence-corrected chi connectivity index (χ3v) is 5.62. The highest BCUT2D eigenvalue weighted by molar-refractivity contribution is 5.95. The number of piperidine rings is 1. The van der Waals surface area contributed by atoms with E-state index in [1.165, 1.54) is 16.7 Å². The Morgan fingerprint density at radius 2 is 1.66 bits per heavy atom. The van der Waals surface area contributed by atoms with Gasteiger partial charge in [-0.1, -0.05) is 29.3 Å². The van der Waals surface area contributed by atoms with Crippen LogP contribution in [0, 0.1) is 20.8 Å². The van der Waals surface area contributed by atoms with Crippen molar-refractivity contribution in [1.82, 2.24) is 19.9 Å². The SMILES string of the molecule is Cc1cc(C)cc(C2CCN(C(=O)c3cc(C)c4c(=O)[nH]c(=O)[nH]c4n3)CC2)c1. The van der Waals surface area contributed by atoms with Crippen LogP contribution in [0.25, 0.3) is 11.0 Å². The number of benzene rings is 1. The number of aromatic amines is 2. The standard InChI is InChI=1S/C22H24N4O3/c1-12-8-13(2)10-16(9-12)15-4-6-26(7-5-15)21(28)17-11-14(3)18-19(23-17)24-22(29)25-20(18)27/h8-11,15H,4-7H2,1-3H3,(H2,23,24,25,27,29). The van der Waals surface area contributed by atoms with E-state index in [4.69, 9.17) is 0 Å². The predicted octanol–water partition coefficient (Wildman–Crippen LogP) is 2.56. The van der Waals surface area contributed by atoms with E-state index in [0.29, 0.717) is 30.0 Å². The van der Waals surface area contributed by atoms with E-state index in [0.717, 1.165) is 12.8 Å². The maximum absolute atomic E-state index is 13.0. The van der Waals surface area contributed by atoms with Crippen molar-refractivity contribution in [2.24, 2.45) is 0 Å². The molecule has 7 heteroatoms. The van der Waals surface area contributed by atoms with E-state index in [-0.39, 0.29) is 17.2 Å². The third kappa shape index (κ3) is 3.72. The molecule has 4 rings (SSSR count). The lowest BCUT2D eigenvalue weighted by atomic mass is 9.87. The Labute approximate surface area is 167 Å². The van der Waals surface area contributed by atoms with E-state index in [2.05, 4.69) is 47.0 Å². The van der Waals surface area contributed by atoms with Crippen molar-refractivity contribution >= 4 is 16.9 Å². The molecule has 2 N–H and O–H groups in total. The summed E-state index contributed by atoms with van der Waals surface area (Å²) in [5.74, 6) is 0.272. The van der Waals surface area contributed by atoms with Gasteiger partial charge in [-0.05, 0) is 56.7 Å². The number of aromatic nitrogens is 3. The Hall–Kier alpha value is -3.22. The summed E-state index contributed by atoms with van der Waals surface area (Å²) in [6.07, 6.45) is 1.80. The molecule has 1 aliphatic heterocycles. The number of likely N-dealkylation sites (tertiary alicyclic amines) is 1. The Bertz CT molecular complexity index is 1200. The van der Waals surface area contributed by atoms with Crippen LogP contribution in [-0.4, -0.2) is 38.8 Å². The van der Waals surface area contributed by atoms with Crippen LogP contribution in [0.3, 0.4) is 0 Å². The number of aryl methyl sites for hydroxylation is 3. The molecule has 1 saturated heterocycles. The average molecular weight is 392 g/mol. The molecule has 0 bridgehead atoms. The second kappa shape index (κ2) is 7.31. The number of amides is 1. The summed E-state index contributed by atoms with van der Waals surface area (Å²) < 4.78 is 0. The lowest BCUT2D eigenvalue weighted by molar-refractivity contribution is 0.0707. The number of carbonyl (C=O) groups excluding carboxylic acids is 1. The molecule has 0 saturated carbocycles. The zero-order chi connectivity index (χ0) is 20.7. The predicted molar refractivity (Wildman–Crippen MR) is 112 cm³/mol. The summed E-state index contributed by atoms with van der Waals surface area (Å²) >= 11 is 0. The smallest absolute Gasteiger partial charge is 0.327 e. The van der Waals surface area contributed by atoms with Crippen LogP contribution in [0.15, 0.2) is 33.9 Å². The topological polar surface area (TPSA) is 98.9 Å². The first-order chi connectivity index (χ1) is 13.8. The van der Waals surface area contributed by atoms with Gasteiger partial charge in [-0.2, -0.15) is 0 Å². The number of fused-ring (bicyclic) bond motifs is 1. The van der Waals surface area contributed by atoms with E-state index >= 15 is 0 Å². The molecule has 2 aromatic heterocycles. The van der Waals surface area contributed by atoms with E-state index < -0.39 is 11.2 Å². The van der Waals surface area contributed by atoms with Gasteiger partial charge in [-0.3, -0.25) is 19.6 Å². The van der Waals surface area contributed by atoms with Crippen molar-refractivity contribution in [3.8, 4) is 0 Å². The van der Waals surface area contributed by atoms with Crippen LogP contribution in [0.4, 0.5) is 0 Å². The molecule has 1 fully saturated rings. The minimum atomic E-state index is -0.631. The van der Waals surface area contributed by atoms with Crippen LogP contribution in [-0.2, 0) is 0 Å². The van der Waals surface area contributed by atoms with E-state index in [1.54, 1.807) is 17.9 Å². The molecular formula is C22H24N4O3. The molecule has 0 spiro atoms. The minimum Gasteiger partial charge on any atom is -0.337 e. The fourth-order valence-electron chi connectivity index (χ4n) is 4.29. The maximum atomic E-state index is 13.0. The van der Waals surface area contributed by atoms with Gasteiger partial charge in [0.25, 0.3) is 11.5 Å². The molecule has 150 valence electrons. The fraction of sp³-hybridized carbons (Fsp3) is 0.364. The largest absolute Gasteiger partial charge is 0.337 e. The van der Waals surface area contributed by atoms with Crippen molar-refractivity contribution < 1.29 is 4.79 Å². The molecule has 0 atom stereocenters. The van der Waals surface area contributed by atoms with Crippen molar-refractivity contribution in [1.29, 1.82) is 0 Å². The zero-order valence-electron chi connectivity index (χ0n) is 16.8. The van der Waals surface area contributed by atoms with Gasteiger partial charge < -0.3 is 4.90 Å². The Balaban J connectivity index is 1.55. The molecule has 0 unspecified atom stereocenters.